The molecule has 1 fully saturated rings. The minimum Gasteiger partial charge on any atom is -0.319 e. The fraction of sp³-hybridized carbons (Fsp3) is 0.368. The Labute approximate surface area is 180 Å². The van der Waals surface area contributed by atoms with Crippen LogP contribution in [0, 0.1) is 6.92 Å². The van der Waals surface area contributed by atoms with Crippen LogP contribution in [0.2, 0.25) is 0 Å². The fourth-order valence-corrected chi connectivity index (χ4v) is 6.77. The molecule has 31 heavy (non-hydrogen) atoms. The van der Waals surface area contributed by atoms with E-state index in [0.717, 1.165) is 3.97 Å². The monoisotopic (exact) mass is 466 g/mol. The summed E-state index contributed by atoms with van der Waals surface area (Å²) in [6.45, 7) is 2.73. The zero-order valence-corrected chi connectivity index (χ0v) is 18.4. The molecule has 3 heterocycles. The quantitative estimate of drug-likeness (QED) is 0.465. The van der Waals surface area contributed by atoms with Gasteiger partial charge in [0.1, 0.15) is 10.6 Å². The molecule has 0 bridgehead atoms. The average molecular weight is 467 g/mol. The van der Waals surface area contributed by atoms with E-state index in [1.54, 1.807) is 6.92 Å². The molecule has 10 nitrogen and oxygen atoms in total. The van der Waals surface area contributed by atoms with E-state index in [9.17, 15) is 26.4 Å². The Morgan fingerprint density at radius 2 is 1.97 bits per heavy atom. The molecule has 0 aliphatic carbocycles. The van der Waals surface area contributed by atoms with Crippen LogP contribution in [-0.2, 0) is 20.0 Å². The summed E-state index contributed by atoms with van der Waals surface area (Å²) in [6.07, 6.45) is 1.98. The van der Waals surface area contributed by atoms with E-state index in [0.29, 0.717) is 25.1 Å². The van der Waals surface area contributed by atoms with Gasteiger partial charge in [0.15, 0.2) is 5.78 Å². The van der Waals surface area contributed by atoms with Crippen molar-refractivity contribution in [2.45, 2.75) is 18.2 Å². The van der Waals surface area contributed by atoms with Crippen LogP contribution in [-0.4, -0.2) is 68.7 Å². The van der Waals surface area contributed by atoms with E-state index < -0.39 is 26.0 Å². The third-order valence-electron chi connectivity index (χ3n) is 5.27. The predicted molar refractivity (Wildman–Crippen MR) is 113 cm³/mol. The number of rotatable bonds is 6. The first-order valence-corrected chi connectivity index (χ1v) is 12.8. The first-order valence-electron chi connectivity index (χ1n) is 9.71. The van der Waals surface area contributed by atoms with Crippen LogP contribution in [0.25, 0.3) is 0 Å². The molecular weight excluding hydrogens is 444 g/mol. The molecule has 4 rings (SSSR count). The number of sulfonamides is 1. The standard InChI is InChI=1S/C19H22N4O6S2/c1-13-9-16-19(25)21-15-10-14(3-4-18(15)31(28,29)23(16)12-13)17(24)11-20-5-7-22-6-2-8-30(22,26)27/h3-4,9-10,12,20H,2,5-8,11H2,1H3,(H,21,25). The molecule has 0 atom stereocenters. The molecule has 1 saturated heterocycles. The van der Waals surface area contributed by atoms with Crippen molar-refractivity contribution in [3.63, 3.8) is 0 Å². The number of aromatic nitrogens is 1. The van der Waals surface area contributed by atoms with Crippen molar-refractivity contribution in [2.24, 2.45) is 0 Å². The molecule has 2 aliphatic rings. The molecule has 0 saturated carbocycles. The fourth-order valence-electron chi connectivity index (χ4n) is 3.70. The number of anilines is 1. The van der Waals surface area contributed by atoms with Crippen LogP contribution < -0.4 is 10.6 Å². The van der Waals surface area contributed by atoms with Crippen molar-refractivity contribution in [1.82, 2.24) is 13.6 Å². The number of benzene rings is 1. The SMILES string of the molecule is Cc1cc2n(c1)S(=O)(=O)c1ccc(C(=O)CNCCN3CCCS3(=O)=O)cc1NC2=O. The van der Waals surface area contributed by atoms with Gasteiger partial charge in [0.05, 0.1) is 18.0 Å². The number of hydrogen-bond acceptors (Lipinski definition) is 7. The van der Waals surface area contributed by atoms with E-state index in [2.05, 4.69) is 10.6 Å². The van der Waals surface area contributed by atoms with Crippen LogP contribution in [0.1, 0.15) is 32.8 Å². The molecule has 2 aromatic rings. The second kappa shape index (κ2) is 7.86. The van der Waals surface area contributed by atoms with Crippen molar-refractivity contribution in [3.05, 3.63) is 47.3 Å². The Morgan fingerprint density at radius 1 is 1.19 bits per heavy atom. The van der Waals surface area contributed by atoms with Gasteiger partial charge < -0.3 is 10.6 Å². The third kappa shape index (κ3) is 4.03. The summed E-state index contributed by atoms with van der Waals surface area (Å²) < 4.78 is 51.8. The van der Waals surface area contributed by atoms with Crippen LogP contribution in [0.5, 0.6) is 0 Å². The number of fused-ring (bicyclic) bond motifs is 2. The minimum absolute atomic E-state index is 0.000100. The number of nitrogens with one attached hydrogen (secondary N) is 2. The van der Waals surface area contributed by atoms with Gasteiger partial charge in [-0.15, -0.1) is 0 Å². The molecule has 12 heteroatoms. The van der Waals surface area contributed by atoms with Gasteiger partial charge in [0, 0.05) is 31.4 Å². The molecule has 0 radical (unpaired) electrons. The molecule has 166 valence electrons. The van der Waals surface area contributed by atoms with Crippen LogP contribution in [0.3, 0.4) is 0 Å². The van der Waals surface area contributed by atoms with Crippen LogP contribution >= 0.6 is 0 Å². The van der Waals surface area contributed by atoms with E-state index in [4.69, 9.17) is 0 Å². The number of carbonyl (C=O) groups excluding carboxylic acids is 2. The van der Waals surface area contributed by atoms with Gasteiger partial charge in [0.25, 0.3) is 15.9 Å². The number of ketones is 1. The van der Waals surface area contributed by atoms with Gasteiger partial charge >= 0.3 is 0 Å². The topological polar surface area (TPSA) is 135 Å². The lowest BCUT2D eigenvalue weighted by atomic mass is 10.1. The number of Topliss-reactive ketones (excluding diaryl/α,β-unsaturated/α-hetero) is 1. The lowest BCUT2D eigenvalue weighted by Crippen LogP contribution is -2.35. The summed E-state index contributed by atoms with van der Waals surface area (Å²) in [6, 6.07) is 5.53. The first-order chi connectivity index (χ1) is 14.6. The van der Waals surface area contributed by atoms with Gasteiger partial charge in [-0.25, -0.2) is 25.1 Å². The van der Waals surface area contributed by atoms with Gasteiger partial charge in [-0.05, 0) is 43.2 Å². The number of nitrogens with zero attached hydrogens (tertiary/aromatic N) is 2. The highest BCUT2D eigenvalue weighted by molar-refractivity contribution is 7.90. The zero-order valence-electron chi connectivity index (χ0n) is 16.8. The Hall–Kier alpha value is -2.54. The summed E-state index contributed by atoms with van der Waals surface area (Å²) in [5.41, 5.74) is 0.913. The Morgan fingerprint density at radius 3 is 2.68 bits per heavy atom. The van der Waals surface area contributed by atoms with Gasteiger partial charge in [-0.3, -0.25) is 9.59 Å². The molecule has 0 unspecified atom stereocenters. The number of amides is 1. The van der Waals surface area contributed by atoms with Crippen molar-refractivity contribution in [2.75, 3.05) is 37.2 Å². The van der Waals surface area contributed by atoms with Gasteiger partial charge in [0.2, 0.25) is 10.0 Å². The lowest BCUT2D eigenvalue weighted by Gasteiger charge is -2.14. The van der Waals surface area contributed by atoms with E-state index in [-0.39, 0.29) is 46.5 Å². The first kappa shape index (κ1) is 21.7. The Bertz CT molecular complexity index is 1280. The maximum Gasteiger partial charge on any atom is 0.273 e. The second-order valence-corrected chi connectivity index (χ2v) is 11.4. The van der Waals surface area contributed by atoms with E-state index in [1.165, 1.54) is 34.8 Å². The largest absolute Gasteiger partial charge is 0.319 e. The van der Waals surface area contributed by atoms with Crippen molar-refractivity contribution < 1.29 is 26.4 Å². The second-order valence-electron chi connectivity index (χ2n) is 7.54. The highest BCUT2D eigenvalue weighted by atomic mass is 32.2. The highest BCUT2D eigenvalue weighted by Gasteiger charge is 2.31. The maximum absolute atomic E-state index is 13.0. The van der Waals surface area contributed by atoms with Crippen molar-refractivity contribution in [1.29, 1.82) is 0 Å². The number of carbonyl (C=O) groups is 2. The van der Waals surface area contributed by atoms with Crippen molar-refractivity contribution >= 4 is 37.4 Å². The number of aryl methyl sites for hydroxylation is 1. The highest BCUT2D eigenvalue weighted by Crippen LogP contribution is 2.30. The molecule has 1 aromatic carbocycles. The van der Waals surface area contributed by atoms with Crippen LogP contribution in [0.15, 0.2) is 35.4 Å². The molecule has 2 aliphatic heterocycles. The van der Waals surface area contributed by atoms with E-state index >= 15 is 0 Å². The lowest BCUT2D eigenvalue weighted by molar-refractivity contribution is 0.0987. The minimum atomic E-state index is -3.99. The van der Waals surface area contributed by atoms with Crippen LogP contribution in [0.4, 0.5) is 5.69 Å². The summed E-state index contributed by atoms with van der Waals surface area (Å²) in [5.74, 6) is -0.734. The molecule has 1 amide bonds. The zero-order chi connectivity index (χ0) is 22.4. The van der Waals surface area contributed by atoms with Gasteiger partial charge in [-0.2, -0.15) is 0 Å². The summed E-state index contributed by atoms with van der Waals surface area (Å²) in [5, 5.41) is 5.49. The molecule has 2 N–H and O–H groups in total. The molecular formula is C19H22N4O6S2. The predicted octanol–water partition coefficient (Wildman–Crippen LogP) is 0.407. The molecule has 0 spiro atoms. The Kier molecular flexibility index (Phi) is 5.50. The van der Waals surface area contributed by atoms with Crippen molar-refractivity contribution in [3.8, 4) is 0 Å². The summed E-state index contributed by atoms with van der Waals surface area (Å²) in [7, 11) is -7.17. The third-order valence-corrected chi connectivity index (χ3v) is 8.96. The van der Waals surface area contributed by atoms with E-state index in [1.807, 2.05) is 0 Å². The smallest absolute Gasteiger partial charge is 0.273 e. The van der Waals surface area contributed by atoms with Gasteiger partial charge in [-0.1, -0.05) is 0 Å². The average Bonchev–Trinajstić information content (AvgIpc) is 3.25. The summed E-state index contributed by atoms with van der Waals surface area (Å²) in [4.78, 5) is 24.9. The summed E-state index contributed by atoms with van der Waals surface area (Å²) >= 11 is 0. The normalized spacial score (nSPS) is 19.3. The Balaban J connectivity index is 1.47. The maximum atomic E-state index is 13.0. The number of hydrogen-bond donors (Lipinski definition) is 2. The molecule has 1 aromatic heterocycles.